The Bertz CT molecular complexity index is 425. The SMILES string of the molecule is CCCC(NCC(O)c1cccs1)c1cccs1. The van der Waals surface area contributed by atoms with E-state index in [4.69, 9.17) is 0 Å². The molecule has 0 fully saturated rings. The van der Waals surface area contributed by atoms with Crippen molar-refractivity contribution >= 4 is 22.7 Å². The number of nitrogens with one attached hydrogen (secondary N) is 1. The van der Waals surface area contributed by atoms with Gasteiger partial charge in [-0.3, -0.25) is 0 Å². The number of rotatable bonds is 7. The average Bonchev–Trinajstić information content (AvgIpc) is 3.04. The highest BCUT2D eigenvalue weighted by Crippen LogP contribution is 2.24. The molecule has 0 spiro atoms. The van der Waals surface area contributed by atoms with Crippen molar-refractivity contribution in [3.63, 3.8) is 0 Å². The number of hydrogen-bond acceptors (Lipinski definition) is 4. The molecule has 0 radical (unpaired) electrons. The zero-order chi connectivity index (χ0) is 12.8. The first-order valence-electron chi connectivity index (χ1n) is 6.29. The lowest BCUT2D eigenvalue weighted by Crippen LogP contribution is -2.25. The van der Waals surface area contributed by atoms with Crippen LogP contribution >= 0.6 is 22.7 Å². The van der Waals surface area contributed by atoms with Crippen molar-refractivity contribution in [2.45, 2.75) is 31.9 Å². The normalized spacial score (nSPS) is 14.6. The Morgan fingerprint density at radius 1 is 1.17 bits per heavy atom. The van der Waals surface area contributed by atoms with Crippen molar-refractivity contribution in [3.8, 4) is 0 Å². The molecule has 18 heavy (non-hydrogen) atoms. The summed E-state index contributed by atoms with van der Waals surface area (Å²) < 4.78 is 0. The molecule has 2 aromatic heterocycles. The van der Waals surface area contributed by atoms with Gasteiger partial charge in [-0.25, -0.2) is 0 Å². The zero-order valence-corrected chi connectivity index (χ0v) is 12.1. The summed E-state index contributed by atoms with van der Waals surface area (Å²) >= 11 is 3.38. The smallest absolute Gasteiger partial charge is 0.101 e. The largest absolute Gasteiger partial charge is 0.386 e. The Balaban J connectivity index is 1.90. The zero-order valence-electron chi connectivity index (χ0n) is 10.5. The monoisotopic (exact) mass is 281 g/mol. The van der Waals surface area contributed by atoms with Gasteiger partial charge in [-0.2, -0.15) is 0 Å². The fraction of sp³-hybridized carbons (Fsp3) is 0.429. The predicted molar refractivity (Wildman–Crippen MR) is 79.2 cm³/mol. The highest BCUT2D eigenvalue weighted by atomic mass is 32.1. The Morgan fingerprint density at radius 2 is 1.83 bits per heavy atom. The van der Waals surface area contributed by atoms with Crippen LogP contribution in [-0.2, 0) is 0 Å². The van der Waals surface area contributed by atoms with Crippen LogP contribution in [0.3, 0.4) is 0 Å². The van der Waals surface area contributed by atoms with Crippen LogP contribution in [0.1, 0.15) is 41.7 Å². The van der Waals surface area contributed by atoms with Crippen LogP contribution in [0.5, 0.6) is 0 Å². The molecule has 0 aliphatic rings. The lowest BCUT2D eigenvalue weighted by Gasteiger charge is -2.18. The van der Waals surface area contributed by atoms with Gasteiger partial charge in [0.1, 0.15) is 6.10 Å². The Morgan fingerprint density at radius 3 is 2.39 bits per heavy atom. The molecule has 2 N–H and O–H groups in total. The molecule has 2 atom stereocenters. The lowest BCUT2D eigenvalue weighted by molar-refractivity contribution is 0.172. The van der Waals surface area contributed by atoms with Crippen molar-refractivity contribution in [2.24, 2.45) is 0 Å². The van der Waals surface area contributed by atoms with E-state index in [1.165, 1.54) is 4.88 Å². The molecule has 0 amide bonds. The van der Waals surface area contributed by atoms with Gasteiger partial charge < -0.3 is 10.4 Å². The van der Waals surface area contributed by atoms with Gasteiger partial charge >= 0.3 is 0 Å². The van der Waals surface area contributed by atoms with E-state index in [1.807, 2.05) is 17.5 Å². The molecular weight excluding hydrogens is 262 g/mol. The van der Waals surface area contributed by atoms with E-state index in [1.54, 1.807) is 22.7 Å². The van der Waals surface area contributed by atoms with E-state index in [-0.39, 0.29) is 0 Å². The summed E-state index contributed by atoms with van der Waals surface area (Å²) in [6, 6.07) is 8.57. The number of aliphatic hydroxyl groups is 1. The van der Waals surface area contributed by atoms with E-state index in [0.29, 0.717) is 12.6 Å². The van der Waals surface area contributed by atoms with Gasteiger partial charge in [0.2, 0.25) is 0 Å². The second kappa shape index (κ2) is 7.04. The molecule has 0 saturated heterocycles. The van der Waals surface area contributed by atoms with E-state index in [0.717, 1.165) is 17.7 Å². The second-order valence-corrected chi connectivity index (χ2v) is 6.25. The van der Waals surface area contributed by atoms with Crippen LogP contribution in [0, 0.1) is 0 Å². The first kappa shape index (κ1) is 13.7. The van der Waals surface area contributed by atoms with Gasteiger partial charge in [-0.05, 0) is 29.3 Å². The van der Waals surface area contributed by atoms with Crippen molar-refractivity contribution in [3.05, 3.63) is 44.8 Å². The van der Waals surface area contributed by atoms with Gasteiger partial charge in [-0.1, -0.05) is 25.5 Å². The molecular formula is C14H19NOS2. The van der Waals surface area contributed by atoms with Gasteiger partial charge in [0.05, 0.1) is 0 Å². The van der Waals surface area contributed by atoms with Crippen molar-refractivity contribution in [1.29, 1.82) is 0 Å². The minimum Gasteiger partial charge on any atom is -0.386 e. The fourth-order valence-corrected chi connectivity index (χ4v) is 3.51. The van der Waals surface area contributed by atoms with Crippen molar-refractivity contribution in [2.75, 3.05) is 6.54 Å². The molecule has 0 bridgehead atoms. The first-order valence-corrected chi connectivity index (χ1v) is 8.05. The maximum atomic E-state index is 10.1. The molecule has 2 aromatic rings. The van der Waals surface area contributed by atoms with Gasteiger partial charge in [0, 0.05) is 22.3 Å². The highest BCUT2D eigenvalue weighted by molar-refractivity contribution is 7.10. The van der Waals surface area contributed by atoms with E-state index in [9.17, 15) is 5.11 Å². The summed E-state index contributed by atoms with van der Waals surface area (Å²) in [4.78, 5) is 2.39. The molecule has 2 unspecified atom stereocenters. The van der Waals surface area contributed by atoms with Crippen molar-refractivity contribution < 1.29 is 5.11 Å². The minimum atomic E-state index is -0.399. The summed E-state index contributed by atoms with van der Waals surface area (Å²) in [5.74, 6) is 0. The Labute approximate surface area is 116 Å². The average molecular weight is 281 g/mol. The Kier molecular flexibility index (Phi) is 5.38. The maximum absolute atomic E-state index is 10.1. The van der Waals surface area contributed by atoms with E-state index < -0.39 is 6.10 Å². The van der Waals surface area contributed by atoms with Gasteiger partial charge in [0.25, 0.3) is 0 Å². The van der Waals surface area contributed by atoms with Crippen LogP contribution in [0.2, 0.25) is 0 Å². The third kappa shape index (κ3) is 3.65. The van der Waals surface area contributed by atoms with Gasteiger partial charge in [-0.15, -0.1) is 22.7 Å². The third-order valence-electron chi connectivity index (χ3n) is 2.89. The third-order valence-corrected chi connectivity index (χ3v) is 4.85. The Hall–Kier alpha value is -0.680. The molecule has 4 heteroatoms. The summed E-state index contributed by atoms with van der Waals surface area (Å²) in [5.41, 5.74) is 0. The van der Waals surface area contributed by atoms with Crippen LogP contribution in [0.4, 0.5) is 0 Å². The quantitative estimate of drug-likeness (QED) is 0.804. The number of hydrogen-bond donors (Lipinski definition) is 2. The van der Waals surface area contributed by atoms with Crippen LogP contribution in [0.25, 0.3) is 0 Å². The lowest BCUT2D eigenvalue weighted by atomic mass is 10.1. The standard InChI is InChI=1S/C14H19NOS2/c1-2-5-11(13-6-3-8-17-13)15-10-12(16)14-7-4-9-18-14/h3-4,6-9,11-12,15-16H,2,5,10H2,1H3. The van der Waals surface area contributed by atoms with Gasteiger partial charge in [0.15, 0.2) is 0 Å². The molecule has 2 heterocycles. The molecule has 0 saturated carbocycles. The summed E-state index contributed by atoms with van der Waals surface area (Å²) in [6.45, 7) is 2.81. The number of aliphatic hydroxyl groups excluding tert-OH is 1. The molecule has 0 aromatic carbocycles. The summed E-state index contributed by atoms with van der Waals surface area (Å²) in [6.07, 6.45) is 1.85. The second-order valence-electron chi connectivity index (χ2n) is 4.30. The predicted octanol–water partition coefficient (Wildman–Crippen LogP) is 3.97. The minimum absolute atomic E-state index is 0.365. The van der Waals surface area contributed by atoms with Crippen LogP contribution in [-0.4, -0.2) is 11.7 Å². The van der Waals surface area contributed by atoms with E-state index in [2.05, 4.69) is 29.8 Å². The summed E-state index contributed by atoms with van der Waals surface area (Å²) in [5, 5.41) is 17.7. The van der Waals surface area contributed by atoms with Crippen LogP contribution < -0.4 is 5.32 Å². The topological polar surface area (TPSA) is 32.3 Å². The summed E-state index contributed by atoms with van der Waals surface area (Å²) in [7, 11) is 0. The first-order chi connectivity index (χ1) is 8.81. The molecule has 0 aliphatic heterocycles. The maximum Gasteiger partial charge on any atom is 0.101 e. The molecule has 2 rings (SSSR count). The molecule has 0 aliphatic carbocycles. The highest BCUT2D eigenvalue weighted by Gasteiger charge is 2.14. The van der Waals surface area contributed by atoms with E-state index >= 15 is 0 Å². The number of thiophene rings is 2. The fourth-order valence-electron chi connectivity index (χ4n) is 1.96. The van der Waals surface area contributed by atoms with Crippen molar-refractivity contribution in [1.82, 2.24) is 5.32 Å². The molecule has 98 valence electrons. The molecule has 2 nitrogen and oxygen atoms in total. The van der Waals surface area contributed by atoms with Crippen LogP contribution in [0.15, 0.2) is 35.0 Å².